The SMILES string of the molecule is C[N+]1(CCNCCNc2ncc(N)cc2N)CCCCC1. The molecule has 2 heterocycles. The molecule has 0 unspecified atom stereocenters. The molecule has 0 radical (unpaired) electrons. The summed E-state index contributed by atoms with van der Waals surface area (Å²) in [5.41, 5.74) is 12.7. The summed E-state index contributed by atoms with van der Waals surface area (Å²) >= 11 is 0. The first-order valence-corrected chi connectivity index (χ1v) is 7.88. The smallest absolute Gasteiger partial charge is 0.149 e. The molecule has 0 amide bonds. The number of anilines is 3. The maximum atomic E-state index is 5.85. The number of rotatable bonds is 7. The van der Waals surface area contributed by atoms with Gasteiger partial charge >= 0.3 is 0 Å². The van der Waals surface area contributed by atoms with Crippen molar-refractivity contribution in [1.82, 2.24) is 10.3 Å². The van der Waals surface area contributed by atoms with Gasteiger partial charge in [-0.25, -0.2) is 4.98 Å². The molecule has 1 saturated heterocycles. The van der Waals surface area contributed by atoms with Crippen LogP contribution in [0.15, 0.2) is 12.3 Å². The van der Waals surface area contributed by atoms with Crippen molar-refractivity contribution in [1.29, 1.82) is 0 Å². The number of likely N-dealkylation sites (N-methyl/N-ethyl adjacent to an activating group) is 1. The van der Waals surface area contributed by atoms with E-state index in [4.69, 9.17) is 11.5 Å². The molecule has 118 valence electrons. The molecular weight excluding hydrogens is 264 g/mol. The summed E-state index contributed by atoms with van der Waals surface area (Å²) in [5, 5.41) is 6.72. The second-order valence-electron chi connectivity index (χ2n) is 6.23. The van der Waals surface area contributed by atoms with Gasteiger partial charge in [-0.15, -0.1) is 0 Å². The number of quaternary nitrogens is 1. The molecule has 0 spiro atoms. The summed E-state index contributed by atoms with van der Waals surface area (Å²) < 4.78 is 1.22. The summed E-state index contributed by atoms with van der Waals surface area (Å²) in [6.07, 6.45) is 5.77. The van der Waals surface area contributed by atoms with Crippen LogP contribution in [-0.2, 0) is 0 Å². The highest BCUT2D eigenvalue weighted by atomic mass is 15.3. The van der Waals surface area contributed by atoms with Crippen LogP contribution >= 0.6 is 0 Å². The van der Waals surface area contributed by atoms with E-state index in [0.717, 1.165) is 19.6 Å². The highest BCUT2D eigenvalue weighted by Crippen LogP contribution is 2.17. The third-order valence-electron chi connectivity index (χ3n) is 4.26. The summed E-state index contributed by atoms with van der Waals surface area (Å²) in [4.78, 5) is 4.19. The van der Waals surface area contributed by atoms with Crippen molar-refractivity contribution in [2.24, 2.45) is 0 Å². The fraction of sp³-hybridized carbons (Fsp3) is 0.667. The highest BCUT2D eigenvalue weighted by Gasteiger charge is 2.23. The van der Waals surface area contributed by atoms with E-state index in [0.29, 0.717) is 17.2 Å². The van der Waals surface area contributed by atoms with E-state index >= 15 is 0 Å². The number of nitrogen functional groups attached to an aromatic ring is 2. The van der Waals surface area contributed by atoms with E-state index < -0.39 is 0 Å². The molecule has 2 rings (SSSR count). The van der Waals surface area contributed by atoms with Crippen LogP contribution in [0.3, 0.4) is 0 Å². The molecule has 1 aliphatic heterocycles. The van der Waals surface area contributed by atoms with Crippen LogP contribution in [0.1, 0.15) is 19.3 Å². The Morgan fingerprint density at radius 3 is 2.62 bits per heavy atom. The van der Waals surface area contributed by atoms with Gasteiger partial charge in [-0.05, 0) is 25.3 Å². The van der Waals surface area contributed by atoms with Crippen molar-refractivity contribution in [3.8, 4) is 0 Å². The average molecular weight is 293 g/mol. The lowest BCUT2D eigenvalue weighted by Crippen LogP contribution is -2.51. The molecule has 0 atom stereocenters. The second kappa shape index (κ2) is 7.47. The Kier molecular flexibility index (Phi) is 5.64. The molecule has 6 nitrogen and oxygen atoms in total. The van der Waals surface area contributed by atoms with Crippen molar-refractivity contribution in [3.05, 3.63) is 12.3 Å². The predicted octanol–water partition coefficient (Wildman–Crippen LogP) is 0.878. The first-order valence-electron chi connectivity index (χ1n) is 7.88. The molecule has 1 aliphatic rings. The quantitative estimate of drug-likeness (QED) is 0.443. The van der Waals surface area contributed by atoms with Gasteiger partial charge in [-0.3, -0.25) is 0 Å². The van der Waals surface area contributed by atoms with E-state index in [-0.39, 0.29) is 0 Å². The van der Waals surface area contributed by atoms with Crippen molar-refractivity contribution in [2.45, 2.75) is 19.3 Å². The summed E-state index contributed by atoms with van der Waals surface area (Å²) in [6, 6.07) is 1.73. The van der Waals surface area contributed by atoms with Crippen LogP contribution in [-0.4, -0.2) is 55.8 Å². The lowest BCUT2D eigenvalue weighted by molar-refractivity contribution is -0.912. The Hall–Kier alpha value is -1.53. The van der Waals surface area contributed by atoms with Crippen molar-refractivity contribution in [3.63, 3.8) is 0 Å². The lowest BCUT2D eigenvalue weighted by Gasteiger charge is -2.37. The number of hydrogen-bond acceptors (Lipinski definition) is 5. The predicted molar refractivity (Wildman–Crippen MR) is 89.1 cm³/mol. The van der Waals surface area contributed by atoms with E-state index in [2.05, 4.69) is 22.7 Å². The molecule has 6 heteroatoms. The molecule has 6 N–H and O–H groups in total. The van der Waals surface area contributed by atoms with Gasteiger partial charge < -0.3 is 26.6 Å². The number of nitrogens with zero attached hydrogens (tertiary/aromatic N) is 2. The first-order chi connectivity index (χ1) is 10.1. The Labute approximate surface area is 127 Å². The molecular formula is C15H29N6+. The van der Waals surface area contributed by atoms with Gasteiger partial charge in [0.2, 0.25) is 0 Å². The van der Waals surface area contributed by atoms with E-state index in [9.17, 15) is 0 Å². The van der Waals surface area contributed by atoms with Crippen LogP contribution < -0.4 is 22.1 Å². The zero-order valence-corrected chi connectivity index (χ0v) is 13.1. The van der Waals surface area contributed by atoms with Gasteiger partial charge in [0.05, 0.1) is 44.3 Å². The molecule has 1 aromatic heterocycles. The molecule has 0 saturated carbocycles. The maximum absolute atomic E-state index is 5.85. The van der Waals surface area contributed by atoms with Crippen LogP contribution in [0.2, 0.25) is 0 Å². The van der Waals surface area contributed by atoms with E-state index in [1.807, 2.05) is 0 Å². The van der Waals surface area contributed by atoms with Gasteiger partial charge in [-0.1, -0.05) is 0 Å². The second-order valence-corrected chi connectivity index (χ2v) is 6.23. The number of hydrogen-bond donors (Lipinski definition) is 4. The third-order valence-corrected chi connectivity index (χ3v) is 4.26. The Morgan fingerprint density at radius 1 is 1.14 bits per heavy atom. The van der Waals surface area contributed by atoms with Gasteiger partial charge in [-0.2, -0.15) is 0 Å². The van der Waals surface area contributed by atoms with Crippen LogP contribution in [0, 0.1) is 0 Å². The summed E-state index contributed by atoms with van der Waals surface area (Å²) in [5.74, 6) is 0.709. The fourth-order valence-corrected chi connectivity index (χ4v) is 2.89. The summed E-state index contributed by atoms with van der Waals surface area (Å²) in [7, 11) is 2.37. The molecule has 0 aliphatic carbocycles. The topological polar surface area (TPSA) is 89.0 Å². The largest absolute Gasteiger partial charge is 0.397 e. The van der Waals surface area contributed by atoms with Crippen molar-refractivity contribution in [2.75, 3.05) is 63.1 Å². The number of pyridine rings is 1. The normalized spacial score (nSPS) is 17.6. The highest BCUT2D eigenvalue weighted by molar-refractivity contribution is 5.65. The minimum atomic E-state index is 0.592. The number of nitrogens with one attached hydrogen (secondary N) is 2. The third kappa shape index (κ3) is 5.06. The summed E-state index contributed by atoms with van der Waals surface area (Å²) in [6.45, 7) is 6.64. The molecule has 21 heavy (non-hydrogen) atoms. The van der Waals surface area contributed by atoms with Gasteiger partial charge in [0.25, 0.3) is 0 Å². The van der Waals surface area contributed by atoms with E-state index in [1.165, 1.54) is 43.4 Å². The average Bonchev–Trinajstić information content (AvgIpc) is 2.45. The standard InChI is InChI=1S/C15H29N6/c1-21(8-3-2-4-9-21)10-7-18-5-6-19-15-14(17)11-13(16)12-20-15/h11-12,18H,2-10,16-17H2,1H3,(H,19,20)/q+1. The number of piperidine rings is 1. The Bertz CT molecular complexity index is 442. The Balaban J connectivity index is 1.59. The zero-order chi connectivity index (χ0) is 15.1. The fourth-order valence-electron chi connectivity index (χ4n) is 2.89. The molecule has 1 aromatic rings. The van der Waals surface area contributed by atoms with Crippen LogP contribution in [0.5, 0.6) is 0 Å². The van der Waals surface area contributed by atoms with Gasteiger partial charge in [0.15, 0.2) is 0 Å². The number of nitrogens with two attached hydrogens (primary N) is 2. The first kappa shape index (κ1) is 15.9. The molecule has 0 aromatic carbocycles. The monoisotopic (exact) mass is 293 g/mol. The minimum Gasteiger partial charge on any atom is -0.397 e. The number of likely N-dealkylation sites (tertiary alicyclic amines) is 1. The molecule has 1 fully saturated rings. The van der Waals surface area contributed by atoms with Gasteiger partial charge in [0, 0.05) is 19.6 Å². The van der Waals surface area contributed by atoms with Crippen LogP contribution in [0.25, 0.3) is 0 Å². The van der Waals surface area contributed by atoms with Crippen LogP contribution in [0.4, 0.5) is 17.2 Å². The maximum Gasteiger partial charge on any atom is 0.149 e. The lowest BCUT2D eigenvalue weighted by atomic mass is 10.1. The van der Waals surface area contributed by atoms with E-state index in [1.54, 1.807) is 12.3 Å². The zero-order valence-electron chi connectivity index (χ0n) is 13.1. The molecule has 0 bridgehead atoms. The minimum absolute atomic E-state index is 0.592. The number of aromatic nitrogens is 1. The van der Waals surface area contributed by atoms with Crippen molar-refractivity contribution >= 4 is 17.2 Å². The van der Waals surface area contributed by atoms with Crippen molar-refractivity contribution < 1.29 is 4.48 Å². The van der Waals surface area contributed by atoms with Gasteiger partial charge in [0.1, 0.15) is 5.82 Å². The Morgan fingerprint density at radius 2 is 1.90 bits per heavy atom.